The van der Waals surface area contributed by atoms with E-state index >= 15 is 0 Å². The Kier molecular flexibility index (Phi) is 6.57. The number of rotatable bonds is 5. The smallest absolute Gasteiger partial charge is 0.187 e. The van der Waals surface area contributed by atoms with Crippen molar-refractivity contribution in [2.24, 2.45) is 0 Å². The summed E-state index contributed by atoms with van der Waals surface area (Å²) in [5, 5.41) is 22.7. The van der Waals surface area contributed by atoms with Crippen LogP contribution in [0.3, 0.4) is 0 Å². The van der Waals surface area contributed by atoms with Gasteiger partial charge in [0.25, 0.3) is 0 Å². The molecular formula is C28H40N4O4. The number of likely N-dealkylation sites (N-methyl/N-ethyl adjacent to an activating group) is 1. The molecule has 8 nitrogen and oxygen atoms in total. The van der Waals surface area contributed by atoms with E-state index in [1.54, 1.807) is 14.2 Å². The molecule has 3 N–H and O–H groups in total. The summed E-state index contributed by atoms with van der Waals surface area (Å²) in [5.41, 5.74) is 6.19. The zero-order valence-electron chi connectivity index (χ0n) is 22.3. The maximum atomic E-state index is 11.6. The molecule has 3 unspecified atom stereocenters. The Morgan fingerprint density at radius 1 is 1.14 bits per heavy atom. The lowest BCUT2D eigenvalue weighted by atomic mass is 9.81. The minimum atomic E-state index is -0.706. The molecule has 2 saturated heterocycles. The number of hydrogen-bond donors (Lipinski definition) is 3. The lowest BCUT2D eigenvalue weighted by Gasteiger charge is -2.46. The number of aromatic nitrogens is 1. The van der Waals surface area contributed by atoms with Gasteiger partial charge < -0.3 is 29.6 Å². The van der Waals surface area contributed by atoms with Crippen LogP contribution in [-0.2, 0) is 6.54 Å². The molecule has 3 atom stereocenters. The molecule has 2 aromatic rings. The minimum Gasteiger partial charge on any atom is -0.497 e. The molecule has 0 amide bonds. The molecule has 3 aliphatic heterocycles. The van der Waals surface area contributed by atoms with Crippen LogP contribution in [0.2, 0.25) is 0 Å². The van der Waals surface area contributed by atoms with E-state index in [1.807, 2.05) is 26.0 Å². The molecule has 1 spiro atoms. The van der Waals surface area contributed by atoms with Gasteiger partial charge in [0.1, 0.15) is 17.7 Å². The number of H-pyrrole nitrogens is 1. The van der Waals surface area contributed by atoms with E-state index in [0.717, 1.165) is 72.1 Å². The third kappa shape index (κ3) is 3.82. The van der Waals surface area contributed by atoms with Gasteiger partial charge in [0.05, 0.1) is 19.8 Å². The third-order valence-corrected chi connectivity index (χ3v) is 8.53. The maximum Gasteiger partial charge on any atom is 0.187 e. The summed E-state index contributed by atoms with van der Waals surface area (Å²) in [4.78, 5) is 9.86. The first kappa shape index (κ1) is 25.1. The van der Waals surface area contributed by atoms with Crippen molar-refractivity contribution < 1.29 is 19.7 Å². The molecule has 3 aliphatic rings. The van der Waals surface area contributed by atoms with Crippen molar-refractivity contribution >= 4 is 0 Å². The number of nitrogens with one attached hydrogen (secondary N) is 1. The molecule has 36 heavy (non-hydrogen) atoms. The Hall–Kier alpha value is -2.52. The van der Waals surface area contributed by atoms with Crippen molar-refractivity contribution in [1.29, 1.82) is 0 Å². The highest BCUT2D eigenvalue weighted by Gasteiger charge is 2.55. The van der Waals surface area contributed by atoms with Gasteiger partial charge in [0, 0.05) is 66.4 Å². The highest BCUT2D eigenvalue weighted by Crippen LogP contribution is 2.50. The van der Waals surface area contributed by atoms with Crippen molar-refractivity contribution in [1.82, 2.24) is 19.7 Å². The number of aryl methyl sites for hydroxylation is 2. The number of aliphatic hydroxyl groups is 2. The second-order valence-corrected chi connectivity index (χ2v) is 10.5. The summed E-state index contributed by atoms with van der Waals surface area (Å²) in [5.74, 6) is 1.70. The van der Waals surface area contributed by atoms with Crippen molar-refractivity contribution in [3.05, 3.63) is 58.1 Å². The highest BCUT2D eigenvalue weighted by atomic mass is 16.5. The first-order valence-corrected chi connectivity index (χ1v) is 13.0. The second-order valence-electron chi connectivity index (χ2n) is 10.5. The van der Waals surface area contributed by atoms with E-state index in [2.05, 4.69) is 45.7 Å². The van der Waals surface area contributed by atoms with Crippen LogP contribution in [0.15, 0.2) is 30.0 Å². The van der Waals surface area contributed by atoms with Gasteiger partial charge >= 0.3 is 0 Å². The summed E-state index contributed by atoms with van der Waals surface area (Å²) in [6.45, 7) is 11.2. The zero-order chi connectivity index (χ0) is 25.8. The Bertz CT molecular complexity index is 1150. The van der Waals surface area contributed by atoms with Crippen molar-refractivity contribution in [2.45, 2.75) is 71.1 Å². The van der Waals surface area contributed by atoms with Crippen molar-refractivity contribution in [3.8, 4) is 11.5 Å². The number of aliphatic hydroxyl groups excluding tert-OH is 2. The fourth-order valence-corrected chi connectivity index (χ4v) is 6.80. The SMILES string of the molecule is CCN1C(O)N2Cc3cc(OC)cc(OC)c3C(C)C=C2C12CCN(C(O)c1cc(C)[nH]c1C)CC2. The number of nitrogens with zero attached hydrogens (tertiary/aromatic N) is 3. The quantitative estimate of drug-likeness (QED) is 0.583. The largest absolute Gasteiger partial charge is 0.497 e. The minimum absolute atomic E-state index is 0.121. The number of piperidine rings is 1. The lowest BCUT2D eigenvalue weighted by molar-refractivity contribution is -0.0967. The number of likely N-dealkylation sites (tertiary alicyclic amines) is 1. The van der Waals surface area contributed by atoms with Gasteiger partial charge in [0.2, 0.25) is 0 Å². The van der Waals surface area contributed by atoms with Crippen LogP contribution in [-0.4, -0.2) is 75.6 Å². The fraction of sp³-hybridized carbons (Fsp3) is 0.571. The lowest BCUT2D eigenvalue weighted by Crippen LogP contribution is -2.55. The van der Waals surface area contributed by atoms with Crippen LogP contribution in [0.5, 0.6) is 11.5 Å². The predicted molar refractivity (Wildman–Crippen MR) is 139 cm³/mol. The number of allylic oxidation sites excluding steroid dienone is 1. The van der Waals surface area contributed by atoms with Gasteiger partial charge in [0.15, 0.2) is 6.35 Å². The molecule has 0 radical (unpaired) electrons. The second kappa shape index (κ2) is 9.41. The van der Waals surface area contributed by atoms with E-state index in [9.17, 15) is 10.2 Å². The monoisotopic (exact) mass is 496 g/mol. The Morgan fingerprint density at radius 2 is 1.86 bits per heavy atom. The molecule has 1 aromatic heterocycles. The molecule has 2 fully saturated rings. The topological polar surface area (TPSA) is 84.4 Å². The number of aromatic amines is 1. The van der Waals surface area contributed by atoms with E-state index in [4.69, 9.17) is 9.47 Å². The van der Waals surface area contributed by atoms with Gasteiger partial charge in [-0.15, -0.1) is 0 Å². The Morgan fingerprint density at radius 3 is 2.44 bits per heavy atom. The molecule has 196 valence electrons. The first-order valence-electron chi connectivity index (χ1n) is 13.0. The molecule has 5 rings (SSSR count). The molecule has 0 saturated carbocycles. The number of benzene rings is 1. The molecule has 1 aromatic carbocycles. The first-order chi connectivity index (χ1) is 17.2. The molecule has 8 heteroatoms. The van der Waals surface area contributed by atoms with Crippen LogP contribution in [0.4, 0.5) is 0 Å². The molecular weight excluding hydrogens is 456 g/mol. The summed E-state index contributed by atoms with van der Waals surface area (Å²) in [6, 6.07) is 6.05. The maximum absolute atomic E-state index is 11.6. The predicted octanol–water partition coefficient (Wildman–Crippen LogP) is 3.59. The standard InChI is InChI=1S/C28H40N4O4/c1-7-32-27(34)31-16-20-14-21(35-5)15-23(36-6)25(20)17(2)12-24(31)28(32)8-10-30(11-9-28)26(33)22-13-18(3)29-19(22)4/h12-15,17,26-27,29,33-34H,7-11,16H2,1-6H3. The van der Waals surface area contributed by atoms with Crippen molar-refractivity contribution in [3.63, 3.8) is 0 Å². The van der Waals surface area contributed by atoms with E-state index in [1.165, 1.54) is 5.70 Å². The van der Waals surface area contributed by atoms with Gasteiger partial charge in [-0.25, -0.2) is 4.90 Å². The van der Waals surface area contributed by atoms with Gasteiger partial charge in [-0.2, -0.15) is 0 Å². The number of fused-ring (bicyclic) bond motifs is 3. The number of hydrogen-bond acceptors (Lipinski definition) is 7. The van der Waals surface area contributed by atoms with Crippen LogP contribution >= 0.6 is 0 Å². The molecule has 0 aliphatic carbocycles. The average Bonchev–Trinajstić information content (AvgIpc) is 3.24. The fourth-order valence-electron chi connectivity index (χ4n) is 6.80. The third-order valence-electron chi connectivity index (χ3n) is 8.53. The van der Waals surface area contributed by atoms with Gasteiger partial charge in [-0.1, -0.05) is 19.9 Å². The van der Waals surface area contributed by atoms with E-state index in [0.29, 0.717) is 6.54 Å². The van der Waals surface area contributed by atoms with E-state index in [-0.39, 0.29) is 11.5 Å². The number of methoxy groups -OCH3 is 2. The summed E-state index contributed by atoms with van der Waals surface area (Å²) < 4.78 is 11.3. The zero-order valence-corrected chi connectivity index (χ0v) is 22.3. The average molecular weight is 497 g/mol. The van der Waals surface area contributed by atoms with Crippen LogP contribution < -0.4 is 9.47 Å². The Labute approximate surface area is 214 Å². The van der Waals surface area contributed by atoms with Crippen LogP contribution in [0.25, 0.3) is 0 Å². The summed E-state index contributed by atoms with van der Waals surface area (Å²) in [7, 11) is 3.37. The molecule has 0 bridgehead atoms. The van der Waals surface area contributed by atoms with Crippen LogP contribution in [0.1, 0.15) is 66.9 Å². The summed E-state index contributed by atoms with van der Waals surface area (Å²) in [6.07, 6.45) is 2.66. The van der Waals surface area contributed by atoms with Crippen molar-refractivity contribution in [2.75, 3.05) is 33.9 Å². The summed E-state index contributed by atoms with van der Waals surface area (Å²) >= 11 is 0. The van der Waals surface area contributed by atoms with Gasteiger partial charge in [-0.3, -0.25) is 4.90 Å². The Balaban J connectivity index is 1.48. The number of ether oxygens (including phenoxy) is 2. The van der Waals surface area contributed by atoms with Crippen LogP contribution in [0, 0.1) is 13.8 Å². The normalized spacial score (nSPS) is 24.8. The molecule has 4 heterocycles. The van der Waals surface area contributed by atoms with E-state index < -0.39 is 12.6 Å². The van der Waals surface area contributed by atoms with Gasteiger partial charge in [-0.05, 0) is 44.4 Å². The highest BCUT2D eigenvalue weighted by molar-refractivity contribution is 5.52.